The van der Waals surface area contributed by atoms with Gasteiger partial charge in [0.2, 0.25) is 0 Å². The lowest BCUT2D eigenvalue weighted by Gasteiger charge is -2.01. The number of anilines is 1. The Labute approximate surface area is 101 Å². The Balaban J connectivity index is 2.42. The van der Waals surface area contributed by atoms with Gasteiger partial charge in [-0.3, -0.25) is 4.39 Å². The van der Waals surface area contributed by atoms with Crippen molar-refractivity contribution in [2.45, 2.75) is 13.0 Å². The van der Waals surface area contributed by atoms with Crippen LogP contribution >= 0.6 is 0 Å². The predicted molar refractivity (Wildman–Crippen MR) is 60.6 cm³/mol. The van der Waals surface area contributed by atoms with Gasteiger partial charge in [-0.05, 0) is 35.0 Å². The lowest BCUT2D eigenvalue weighted by Crippen LogP contribution is -2.25. The van der Waals surface area contributed by atoms with Crippen molar-refractivity contribution in [3.8, 4) is 5.69 Å². The highest BCUT2D eigenvalue weighted by Crippen LogP contribution is 2.13. The molecule has 0 unspecified atom stereocenters. The molecule has 1 heterocycles. The van der Waals surface area contributed by atoms with E-state index < -0.39 is 18.2 Å². The molecule has 2 N–H and O–H groups in total. The van der Waals surface area contributed by atoms with Crippen LogP contribution in [0.1, 0.15) is 6.42 Å². The van der Waals surface area contributed by atoms with Gasteiger partial charge in [0.05, 0.1) is 13.2 Å². The summed E-state index contributed by atoms with van der Waals surface area (Å²) in [5.74, 6) is -0.635. The first kappa shape index (κ1) is 12.2. The summed E-state index contributed by atoms with van der Waals surface area (Å²) >= 11 is 0. The van der Waals surface area contributed by atoms with E-state index in [1.807, 2.05) is 0 Å². The quantitative estimate of drug-likeness (QED) is 0.807. The van der Waals surface area contributed by atoms with Crippen molar-refractivity contribution in [2.24, 2.45) is 0 Å². The standard InChI is InChI=1S/C10H11F2N5O/c11-4-1-5-16-10(18)17(15-14-16)9-6-7(13)2-3-8(9)12/h2-3,6H,1,4-5,13H2. The second-order valence-corrected chi connectivity index (χ2v) is 3.65. The molecule has 2 aromatic rings. The van der Waals surface area contributed by atoms with E-state index in [2.05, 4.69) is 10.4 Å². The number of rotatable bonds is 4. The van der Waals surface area contributed by atoms with E-state index >= 15 is 0 Å². The molecule has 0 aliphatic rings. The van der Waals surface area contributed by atoms with Crippen LogP contribution in [-0.2, 0) is 6.54 Å². The Morgan fingerprint density at radius 1 is 1.33 bits per heavy atom. The third-order valence-electron chi connectivity index (χ3n) is 2.34. The number of aromatic nitrogens is 4. The summed E-state index contributed by atoms with van der Waals surface area (Å²) in [6.07, 6.45) is 0.151. The number of hydrogen-bond acceptors (Lipinski definition) is 4. The number of benzene rings is 1. The molecule has 0 saturated heterocycles. The van der Waals surface area contributed by atoms with Crippen LogP contribution in [0.3, 0.4) is 0 Å². The Bertz CT molecular complexity index is 607. The summed E-state index contributed by atoms with van der Waals surface area (Å²) in [4.78, 5) is 11.8. The largest absolute Gasteiger partial charge is 0.399 e. The van der Waals surface area contributed by atoms with Crippen LogP contribution in [0.4, 0.5) is 14.5 Å². The minimum absolute atomic E-state index is 0.0773. The molecule has 0 aliphatic heterocycles. The Hall–Kier alpha value is -2.25. The van der Waals surface area contributed by atoms with Gasteiger partial charge in [0, 0.05) is 5.69 Å². The normalized spacial score (nSPS) is 10.8. The SMILES string of the molecule is Nc1ccc(F)c(-n2nnn(CCCF)c2=O)c1. The molecule has 0 radical (unpaired) electrons. The lowest BCUT2D eigenvalue weighted by atomic mass is 10.3. The molecule has 18 heavy (non-hydrogen) atoms. The van der Waals surface area contributed by atoms with E-state index in [1.54, 1.807) is 0 Å². The highest BCUT2D eigenvalue weighted by molar-refractivity contribution is 5.47. The van der Waals surface area contributed by atoms with Gasteiger partial charge in [-0.15, -0.1) is 0 Å². The van der Waals surface area contributed by atoms with Gasteiger partial charge in [-0.1, -0.05) is 0 Å². The first-order chi connectivity index (χ1) is 8.63. The van der Waals surface area contributed by atoms with E-state index in [1.165, 1.54) is 12.1 Å². The molecule has 0 saturated carbocycles. The maximum atomic E-state index is 13.5. The molecule has 0 amide bonds. The molecule has 2 rings (SSSR count). The van der Waals surface area contributed by atoms with Gasteiger partial charge in [-0.25, -0.2) is 9.18 Å². The average molecular weight is 255 g/mol. The first-order valence-electron chi connectivity index (χ1n) is 5.27. The van der Waals surface area contributed by atoms with Crippen LogP contribution in [0, 0.1) is 5.82 Å². The van der Waals surface area contributed by atoms with Gasteiger partial charge in [0.25, 0.3) is 0 Å². The summed E-state index contributed by atoms with van der Waals surface area (Å²) in [5.41, 5.74) is 5.11. The number of aryl methyl sites for hydroxylation is 1. The molecule has 96 valence electrons. The number of hydrogen-bond donors (Lipinski definition) is 1. The number of nitrogens with zero attached hydrogens (tertiary/aromatic N) is 4. The lowest BCUT2D eigenvalue weighted by molar-refractivity contribution is 0.427. The van der Waals surface area contributed by atoms with E-state index in [0.29, 0.717) is 5.69 Å². The average Bonchev–Trinajstić information content (AvgIpc) is 2.71. The third kappa shape index (κ3) is 2.22. The number of nitrogens with two attached hydrogens (primary N) is 1. The molecular weight excluding hydrogens is 244 g/mol. The number of tetrazole rings is 1. The molecule has 1 aromatic carbocycles. The van der Waals surface area contributed by atoms with Crippen LogP contribution in [-0.4, -0.2) is 26.5 Å². The maximum absolute atomic E-state index is 13.5. The summed E-state index contributed by atoms with van der Waals surface area (Å²) < 4.78 is 27.3. The Morgan fingerprint density at radius 3 is 2.83 bits per heavy atom. The maximum Gasteiger partial charge on any atom is 0.368 e. The van der Waals surface area contributed by atoms with Gasteiger partial charge < -0.3 is 5.73 Å². The fourth-order valence-electron chi connectivity index (χ4n) is 1.47. The molecule has 1 aromatic heterocycles. The third-order valence-corrected chi connectivity index (χ3v) is 2.34. The zero-order valence-electron chi connectivity index (χ0n) is 9.38. The second-order valence-electron chi connectivity index (χ2n) is 3.65. The highest BCUT2D eigenvalue weighted by Gasteiger charge is 2.12. The summed E-state index contributed by atoms with van der Waals surface area (Å²) in [5, 5.41) is 7.08. The zero-order chi connectivity index (χ0) is 13.1. The second kappa shape index (κ2) is 4.94. The molecular formula is C10H11F2N5O. The zero-order valence-corrected chi connectivity index (χ0v) is 9.38. The van der Waals surface area contributed by atoms with E-state index in [-0.39, 0.29) is 18.7 Å². The van der Waals surface area contributed by atoms with Crippen LogP contribution < -0.4 is 11.4 Å². The molecule has 6 nitrogen and oxygen atoms in total. The molecule has 8 heteroatoms. The summed E-state index contributed by atoms with van der Waals surface area (Å²) in [6.45, 7) is -0.467. The monoisotopic (exact) mass is 255 g/mol. The summed E-state index contributed by atoms with van der Waals surface area (Å²) in [7, 11) is 0. The molecule has 0 spiro atoms. The first-order valence-corrected chi connectivity index (χ1v) is 5.27. The molecule has 0 bridgehead atoms. The van der Waals surface area contributed by atoms with Crippen molar-refractivity contribution in [1.82, 2.24) is 19.8 Å². The minimum Gasteiger partial charge on any atom is -0.399 e. The van der Waals surface area contributed by atoms with Crippen molar-refractivity contribution in [2.75, 3.05) is 12.4 Å². The van der Waals surface area contributed by atoms with Gasteiger partial charge in [0.15, 0.2) is 0 Å². The highest BCUT2D eigenvalue weighted by atomic mass is 19.1. The van der Waals surface area contributed by atoms with Crippen LogP contribution in [0.15, 0.2) is 23.0 Å². The van der Waals surface area contributed by atoms with E-state index in [9.17, 15) is 13.6 Å². The van der Waals surface area contributed by atoms with Crippen molar-refractivity contribution < 1.29 is 8.78 Å². The fraction of sp³-hybridized carbons (Fsp3) is 0.300. The number of halogens is 2. The molecule has 0 fully saturated rings. The van der Waals surface area contributed by atoms with Crippen molar-refractivity contribution >= 4 is 5.69 Å². The smallest absolute Gasteiger partial charge is 0.368 e. The van der Waals surface area contributed by atoms with Gasteiger partial charge in [0.1, 0.15) is 11.5 Å². The van der Waals surface area contributed by atoms with E-state index in [0.717, 1.165) is 15.4 Å². The number of alkyl halides is 1. The Kier molecular flexibility index (Phi) is 3.35. The molecule has 0 aliphatic carbocycles. The fourth-order valence-corrected chi connectivity index (χ4v) is 1.47. The van der Waals surface area contributed by atoms with E-state index in [4.69, 9.17) is 5.73 Å². The van der Waals surface area contributed by atoms with Crippen LogP contribution in [0.25, 0.3) is 5.69 Å². The van der Waals surface area contributed by atoms with Crippen molar-refractivity contribution in [3.63, 3.8) is 0 Å². The topological polar surface area (TPSA) is 78.7 Å². The van der Waals surface area contributed by atoms with Crippen LogP contribution in [0.2, 0.25) is 0 Å². The van der Waals surface area contributed by atoms with Crippen LogP contribution in [0.5, 0.6) is 0 Å². The summed E-state index contributed by atoms with van der Waals surface area (Å²) in [6, 6.07) is 3.79. The van der Waals surface area contributed by atoms with Crippen molar-refractivity contribution in [3.05, 3.63) is 34.5 Å². The van der Waals surface area contributed by atoms with Crippen molar-refractivity contribution in [1.29, 1.82) is 0 Å². The van der Waals surface area contributed by atoms with Gasteiger partial charge >= 0.3 is 5.69 Å². The number of nitrogen functional groups attached to an aromatic ring is 1. The Morgan fingerprint density at radius 2 is 2.11 bits per heavy atom. The van der Waals surface area contributed by atoms with Gasteiger partial charge in [-0.2, -0.15) is 9.36 Å². The predicted octanol–water partition coefficient (Wildman–Crippen LogP) is 0.510. The minimum atomic E-state index is -0.635. The molecule has 0 atom stereocenters.